The Hall–Kier alpha value is -2.14. The molecule has 100 valence electrons. The Balaban J connectivity index is 2.34. The molecule has 0 aliphatic rings. The average Bonchev–Trinajstić information content (AvgIpc) is 2.77. The van der Waals surface area contributed by atoms with Gasteiger partial charge in [0.25, 0.3) is 0 Å². The van der Waals surface area contributed by atoms with Crippen LogP contribution in [0.3, 0.4) is 0 Å². The Morgan fingerprint density at radius 2 is 2.10 bits per heavy atom. The second-order valence-electron chi connectivity index (χ2n) is 4.56. The van der Waals surface area contributed by atoms with Gasteiger partial charge in [-0.3, -0.25) is 4.40 Å². The highest BCUT2D eigenvalue weighted by Gasteiger charge is 2.17. The maximum absolute atomic E-state index is 11.4. The third-order valence-corrected chi connectivity index (χ3v) is 3.58. The third-order valence-electron chi connectivity index (χ3n) is 3.08. The van der Waals surface area contributed by atoms with Crippen molar-refractivity contribution < 1.29 is 9.90 Å². The molecule has 0 aliphatic carbocycles. The van der Waals surface area contributed by atoms with Crippen molar-refractivity contribution in [1.82, 2.24) is 9.38 Å². The Morgan fingerprint density at radius 3 is 2.80 bits per heavy atom. The molecule has 0 spiro atoms. The molecule has 0 bridgehead atoms. The number of nitrogens with zero attached hydrogens (tertiary/aromatic N) is 2. The van der Waals surface area contributed by atoms with Crippen LogP contribution in [0, 0.1) is 6.92 Å². The summed E-state index contributed by atoms with van der Waals surface area (Å²) in [5, 5.41) is 9.30. The number of halogens is 1. The van der Waals surface area contributed by atoms with Gasteiger partial charge in [-0.2, -0.15) is 0 Å². The second kappa shape index (κ2) is 4.76. The fourth-order valence-corrected chi connectivity index (χ4v) is 2.58. The first-order valence-corrected chi connectivity index (χ1v) is 6.83. The summed E-state index contributed by atoms with van der Waals surface area (Å²) in [5.41, 5.74) is 2.54. The number of rotatable bonds is 2. The number of aromatic nitrogens is 2. The molecule has 0 atom stereocenters. The van der Waals surface area contributed by atoms with Gasteiger partial charge < -0.3 is 5.11 Å². The van der Waals surface area contributed by atoms with Crippen molar-refractivity contribution in [3.63, 3.8) is 0 Å². The standard InChI is InChI=1S/C15H11BrN2O2/c1-9-5-6-18-12(7-9)13(15(19)20)17-14(18)10-3-2-4-11(16)8-10/h2-8H,1H3,(H,19,20). The molecule has 5 heteroatoms. The minimum absolute atomic E-state index is 0.0728. The number of aryl methyl sites for hydroxylation is 1. The lowest BCUT2D eigenvalue weighted by atomic mass is 10.2. The molecular weight excluding hydrogens is 320 g/mol. The van der Waals surface area contributed by atoms with Crippen LogP contribution in [0.25, 0.3) is 16.9 Å². The number of benzene rings is 1. The van der Waals surface area contributed by atoms with E-state index >= 15 is 0 Å². The van der Waals surface area contributed by atoms with Crippen LogP contribution in [0.5, 0.6) is 0 Å². The topological polar surface area (TPSA) is 54.6 Å². The summed E-state index contributed by atoms with van der Waals surface area (Å²) < 4.78 is 2.73. The molecule has 4 nitrogen and oxygen atoms in total. The number of hydrogen-bond donors (Lipinski definition) is 1. The fraction of sp³-hybridized carbons (Fsp3) is 0.0667. The maximum Gasteiger partial charge on any atom is 0.356 e. The lowest BCUT2D eigenvalue weighted by Crippen LogP contribution is -1.97. The number of hydrogen-bond acceptors (Lipinski definition) is 2. The van der Waals surface area contributed by atoms with Gasteiger partial charge in [0.2, 0.25) is 0 Å². The van der Waals surface area contributed by atoms with Gasteiger partial charge in [0.15, 0.2) is 5.69 Å². The molecule has 0 saturated carbocycles. The van der Waals surface area contributed by atoms with Crippen LogP contribution in [-0.2, 0) is 0 Å². The highest BCUT2D eigenvalue weighted by molar-refractivity contribution is 9.10. The number of carboxylic acid groups (broad SMARTS) is 1. The Kier molecular flexibility index (Phi) is 3.06. The van der Waals surface area contributed by atoms with E-state index in [1.165, 1.54) is 0 Å². The average molecular weight is 331 g/mol. The molecule has 0 unspecified atom stereocenters. The molecule has 2 aromatic heterocycles. The number of pyridine rings is 1. The van der Waals surface area contributed by atoms with Crippen molar-refractivity contribution in [1.29, 1.82) is 0 Å². The molecule has 0 amide bonds. The summed E-state index contributed by atoms with van der Waals surface area (Å²) in [7, 11) is 0. The van der Waals surface area contributed by atoms with Crippen LogP contribution < -0.4 is 0 Å². The molecule has 0 aliphatic heterocycles. The van der Waals surface area contributed by atoms with E-state index in [4.69, 9.17) is 0 Å². The molecule has 3 rings (SSSR count). The van der Waals surface area contributed by atoms with E-state index in [1.807, 2.05) is 49.5 Å². The number of carboxylic acids is 1. The quantitative estimate of drug-likeness (QED) is 0.778. The zero-order valence-corrected chi connectivity index (χ0v) is 12.3. The van der Waals surface area contributed by atoms with Gasteiger partial charge in [0.1, 0.15) is 5.82 Å². The van der Waals surface area contributed by atoms with Gasteiger partial charge >= 0.3 is 5.97 Å². The van der Waals surface area contributed by atoms with Gasteiger partial charge in [-0.15, -0.1) is 0 Å². The molecule has 1 N–H and O–H groups in total. The van der Waals surface area contributed by atoms with Crippen LogP contribution in [0.2, 0.25) is 0 Å². The van der Waals surface area contributed by atoms with Crippen LogP contribution in [0.1, 0.15) is 16.1 Å². The van der Waals surface area contributed by atoms with E-state index in [-0.39, 0.29) is 5.69 Å². The lowest BCUT2D eigenvalue weighted by molar-refractivity contribution is 0.0693. The smallest absolute Gasteiger partial charge is 0.356 e. The van der Waals surface area contributed by atoms with Gasteiger partial charge in [0, 0.05) is 16.2 Å². The van der Waals surface area contributed by atoms with Crippen molar-refractivity contribution >= 4 is 27.4 Å². The first kappa shape index (κ1) is 12.9. The van der Waals surface area contributed by atoms with E-state index in [0.717, 1.165) is 15.6 Å². The molecule has 2 heterocycles. The summed E-state index contributed by atoms with van der Waals surface area (Å²) >= 11 is 3.42. The Morgan fingerprint density at radius 1 is 1.30 bits per heavy atom. The Labute approximate surface area is 123 Å². The number of fused-ring (bicyclic) bond motifs is 1. The molecular formula is C15H11BrN2O2. The summed E-state index contributed by atoms with van der Waals surface area (Å²) in [5.74, 6) is -0.395. The molecule has 20 heavy (non-hydrogen) atoms. The zero-order chi connectivity index (χ0) is 14.3. The maximum atomic E-state index is 11.4. The van der Waals surface area contributed by atoms with Gasteiger partial charge in [0.05, 0.1) is 5.52 Å². The Bertz CT molecular complexity index is 824. The lowest BCUT2D eigenvalue weighted by Gasteiger charge is -2.02. The molecule has 0 radical (unpaired) electrons. The number of aromatic carboxylic acids is 1. The van der Waals surface area contributed by atoms with Gasteiger partial charge in [-0.25, -0.2) is 9.78 Å². The van der Waals surface area contributed by atoms with Crippen molar-refractivity contribution in [3.8, 4) is 11.4 Å². The van der Waals surface area contributed by atoms with Crippen LogP contribution in [0.4, 0.5) is 0 Å². The van der Waals surface area contributed by atoms with E-state index in [2.05, 4.69) is 20.9 Å². The first-order valence-electron chi connectivity index (χ1n) is 6.04. The van der Waals surface area contributed by atoms with E-state index in [9.17, 15) is 9.90 Å². The van der Waals surface area contributed by atoms with Crippen LogP contribution in [-0.4, -0.2) is 20.5 Å². The molecule has 0 saturated heterocycles. The molecule has 1 aromatic carbocycles. The first-order chi connectivity index (χ1) is 9.56. The van der Waals surface area contributed by atoms with Crippen molar-refractivity contribution in [3.05, 3.63) is 58.3 Å². The van der Waals surface area contributed by atoms with Gasteiger partial charge in [-0.05, 0) is 36.8 Å². The predicted octanol–water partition coefficient (Wildman–Crippen LogP) is 3.77. The van der Waals surface area contributed by atoms with E-state index in [1.54, 1.807) is 4.40 Å². The summed E-state index contributed by atoms with van der Waals surface area (Å²) in [6, 6.07) is 11.4. The van der Waals surface area contributed by atoms with Gasteiger partial charge in [-0.1, -0.05) is 28.1 Å². The van der Waals surface area contributed by atoms with E-state index in [0.29, 0.717) is 11.3 Å². The molecule has 0 fully saturated rings. The minimum Gasteiger partial charge on any atom is -0.476 e. The summed E-state index contributed by atoms with van der Waals surface area (Å²) in [4.78, 5) is 15.6. The number of imidazole rings is 1. The zero-order valence-electron chi connectivity index (χ0n) is 10.7. The van der Waals surface area contributed by atoms with Crippen molar-refractivity contribution in [2.75, 3.05) is 0 Å². The monoisotopic (exact) mass is 330 g/mol. The highest BCUT2D eigenvalue weighted by Crippen LogP contribution is 2.25. The second-order valence-corrected chi connectivity index (χ2v) is 5.47. The summed E-state index contributed by atoms with van der Waals surface area (Å²) in [6.45, 7) is 1.93. The predicted molar refractivity (Wildman–Crippen MR) is 80.0 cm³/mol. The number of carbonyl (C=O) groups is 1. The van der Waals surface area contributed by atoms with Crippen molar-refractivity contribution in [2.45, 2.75) is 6.92 Å². The fourth-order valence-electron chi connectivity index (χ4n) is 2.18. The third kappa shape index (κ3) is 2.10. The van der Waals surface area contributed by atoms with Crippen LogP contribution >= 0.6 is 15.9 Å². The van der Waals surface area contributed by atoms with Crippen LogP contribution in [0.15, 0.2) is 47.1 Å². The minimum atomic E-state index is -1.02. The summed E-state index contributed by atoms with van der Waals surface area (Å²) in [6.07, 6.45) is 1.85. The highest BCUT2D eigenvalue weighted by atomic mass is 79.9. The SMILES string of the molecule is Cc1ccn2c(-c3cccc(Br)c3)nc(C(=O)O)c2c1. The largest absolute Gasteiger partial charge is 0.476 e. The van der Waals surface area contributed by atoms with Crippen molar-refractivity contribution in [2.24, 2.45) is 0 Å². The molecule has 3 aromatic rings. The normalized spacial score (nSPS) is 10.9. The van der Waals surface area contributed by atoms with E-state index < -0.39 is 5.97 Å².